The molecule has 0 aromatic carbocycles. The lowest BCUT2D eigenvalue weighted by atomic mass is 10.5. The Hall–Kier alpha value is -1.12. The molecule has 1 rings (SSSR count). The fourth-order valence-electron chi connectivity index (χ4n) is 1.00. The molecule has 8 heteroatoms. The summed E-state index contributed by atoms with van der Waals surface area (Å²) in [6, 6.07) is 0. The van der Waals surface area contributed by atoms with Gasteiger partial charge >= 0.3 is 5.69 Å². The van der Waals surface area contributed by atoms with E-state index in [1.165, 1.54) is 11.8 Å². The van der Waals surface area contributed by atoms with Crippen molar-refractivity contribution < 1.29 is 14.6 Å². The fraction of sp³-hybridized carbons (Fsp3) is 0.500. The Labute approximate surface area is 94.9 Å². The summed E-state index contributed by atoms with van der Waals surface area (Å²) in [6.07, 6.45) is -0.374. The van der Waals surface area contributed by atoms with Gasteiger partial charge in [-0.15, -0.1) is 0 Å². The Kier molecular flexibility index (Phi) is 4.71. The molecule has 4 N–H and O–H groups in total. The summed E-state index contributed by atoms with van der Waals surface area (Å²) in [7, 11) is 0. The van der Waals surface area contributed by atoms with Crippen LogP contribution in [-0.2, 0) is 0 Å². The number of aliphatic hydroxyl groups excluding tert-OH is 2. The minimum absolute atomic E-state index is 0.0271. The van der Waals surface area contributed by atoms with Gasteiger partial charge in [0.1, 0.15) is 6.23 Å². The van der Waals surface area contributed by atoms with Crippen LogP contribution in [-0.4, -0.2) is 37.9 Å². The van der Waals surface area contributed by atoms with Gasteiger partial charge in [0.15, 0.2) is 11.6 Å². The second-order valence-corrected chi connectivity index (χ2v) is 4.09. The Bertz CT molecular complexity index is 412. The van der Waals surface area contributed by atoms with Crippen LogP contribution in [0.5, 0.6) is 0 Å². The van der Waals surface area contributed by atoms with Gasteiger partial charge in [-0.1, -0.05) is 0 Å². The molecule has 0 bridgehead atoms. The Balaban J connectivity index is 2.79. The average Bonchev–Trinajstić information content (AvgIpc) is 2.23. The zero-order valence-corrected chi connectivity index (χ0v) is 9.15. The summed E-state index contributed by atoms with van der Waals surface area (Å²) in [5.74, 6) is -0.760. The van der Waals surface area contributed by atoms with Gasteiger partial charge in [-0.3, -0.25) is 4.57 Å². The third-order valence-corrected chi connectivity index (χ3v) is 2.76. The molecule has 1 heterocycles. The molecule has 0 aliphatic carbocycles. The summed E-state index contributed by atoms with van der Waals surface area (Å²) in [5, 5.41) is 18.1. The predicted molar refractivity (Wildman–Crippen MR) is 58.5 cm³/mol. The zero-order chi connectivity index (χ0) is 12.1. The van der Waals surface area contributed by atoms with E-state index in [-0.39, 0.29) is 12.4 Å². The molecule has 6 nitrogen and oxygen atoms in total. The number of halogens is 1. The molecule has 0 spiro atoms. The van der Waals surface area contributed by atoms with Gasteiger partial charge < -0.3 is 15.9 Å². The third-order valence-electron chi connectivity index (χ3n) is 1.76. The van der Waals surface area contributed by atoms with Crippen molar-refractivity contribution >= 4 is 17.6 Å². The van der Waals surface area contributed by atoms with Crippen LogP contribution in [0.25, 0.3) is 0 Å². The first-order valence-electron chi connectivity index (χ1n) is 4.47. The first-order chi connectivity index (χ1) is 7.56. The molecular weight excluding hydrogens is 237 g/mol. The van der Waals surface area contributed by atoms with Crippen LogP contribution in [0.1, 0.15) is 6.23 Å². The van der Waals surface area contributed by atoms with E-state index in [9.17, 15) is 14.3 Å². The van der Waals surface area contributed by atoms with Gasteiger partial charge in [0.2, 0.25) is 0 Å². The van der Waals surface area contributed by atoms with E-state index in [1.807, 2.05) is 0 Å². The highest BCUT2D eigenvalue weighted by molar-refractivity contribution is 7.99. The van der Waals surface area contributed by atoms with Crippen molar-refractivity contribution in [1.29, 1.82) is 0 Å². The minimum Gasteiger partial charge on any atom is -0.396 e. The lowest BCUT2D eigenvalue weighted by Gasteiger charge is -2.12. The SMILES string of the molecule is Nc1nc(=O)n([C@@H](O)CSCCO)cc1F. The van der Waals surface area contributed by atoms with Gasteiger partial charge in [0, 0.05) is 11.5 Å². The molecule has 1 atom stereocenters. The molecule has 1 aromatic heterocycles. The smallest absolute Gasteiger partial charge is 0.351 e. The van der Waals surface area contributed by atoms with E-state index in [4.69, 9.17) is 10.8 Å². The quantitative estimate of drug-likeness (QED) is 0.589. The molecule has 0 fully saturated rings. The number of nitrogens with zero attached hydrogens (tertiary/aromatic N) is 2. The van der Waals surface area contributed by atoms with Crippen LogP contribution in [0, 0.1) is 5.82 Å². The third kappa shape index (κ3) is 3.19. The van der Waals surface area contributed by atoms with E-state index in [0.717, 1.165) is 10.8 Å². The van der Waals surface area contributed by atoms with Crippen molar-refractivity contribution in [1.82, 2.24) is 9.55 Å². The summed E-state index contributed by atoms with van der Waals surface area (Å²) in [5.41, 5.74) is 4.28. The van der Waals surface area contributed by atoms with Gasteiger partial charge in [0.05, 0.1) is 12.8 Å². The number of thioether (sulfide) groups is 1. The molecule has 0 aliphatic heterocycles. The number of nitrogens with two attached hydrogens (primary N) is 1. The van der Waals surface area contributed by atoms with Gasteiger partial charge in [0.25, 0.3) is 0 Å². The Morgan fingerprint density at radius 2 is 2.38 bits per heavy atom. The van der Waals surface area contributed by atoms with Crippen LogP contribution >= 0.6 is 11.8 Å². The number of aromatic nitrogens is 2. The van der Waals surface area contributed by atoms with Crippen molar-refractivity contribution in [3.05, 3.63) is 22.5 Å². The highest BCUT2D eigenvalue weighted by Crippen LogP contribution is 2.11. The van der Waals surface area contributed by atoms with E-state index in [0.29, 0.717) is 5.75 Å². The van der Waals surface area contributed by atoms with Crippen LogP contribution in [0.2, 0.25) is 0 Å². The van der Waals surface area contributed by atoms with Crippen LogP contribution < -0.4 is 11.4 Å². The van der Waals surface area contributed by atoms with Crippen LogP contribution in [0.3, 0.4) is 0 Å². The van der Waals surface area contributed by atoms with Gasteiger partial charge in [-0.2, -0.15) is 16.7 Å². The summed E-state index contributed by atoms with van der Waals surface area (Å²) in [4.78, 5) is 14.5. The Morgan fingerprint density at radius 1 is 1.69 bits per heavy atom. The maximum atomic E-state index is 13.0. The summed E-state index contributed by atoms with van der Waals surface area (Å²) < 4.78 is 13.8. The predicted octanol–water partition coefficient (Wildman–Crippen LogP) is -0.819. The van der Waals surface area contributed by atoms with Gasteiger partial charge in [-0.25, -0.2) is 9.18 Å². The molecule has 1 aromatic rings. The first kappa shape index (κ1) is 12.9. The van der Waals surface area contributed by atoms with Crippen molar-refractivity contribution in [3.63, 3.8) is 0 Å². The number of anilines is 1. The second-order valence-electron chi connectivity index (χ2n) is 2.94. The first-order valence-corrected chi connectivity index (χ1v) is 5.62. The molecular formula is C8H12FN3O3S. The van der Waals surface area contributed by atoms with Crippen LogP contribution in [0.4, 0.5) is 10.2 Å². The van der Waals surface area contributed by atoms with Gasteiger partial charge in [-0.05, 0) is 0 Å². The second kappa shape index (κ2) is 5.83. The summed E-state index contributed by atoms with van der Waals surface area (Å²) >= 11 is 1.23. The molecule has 0 saturated heterocycles. The Morgan fingerprint density at radius 3 is 3.00 bits per heavy atom. The molecule has 0 saturated carbocycles. The maximum absolute atomic E-state index is 13.0. The van der Waals surface area contributed by atoms with Crippen molar-refractivity contribution in [3.8, 4) is 0 Å². The van der Waals surface area contributed by atoms with E-state index in [2.05, 4.69) is 4.98 Å². The van der Waals surface area contributed by atoms with E-state index < -0.39 is 23.6 Å². The van der Waals surface area contributed by atoms with Crippen LogP contribution in [0.15, 0.2) is 11.0 Å². The molecule has 16 heavy (non-hydrogen) atoms. The number of nitrogen functional groups attached to an aromatic ring is 1. The fourth-order valence-corrected chi connectivity index (χ4v) is 1.67. The standard InChI is InChI=1S/C8H12FN3O3S/c9-5-3-12(8(15)11-7(5)10)6(14)4-16-2-1-13/h3,6,13-14H,1-2,4H2,(H2,10,11,15)/t6-/m0/s1. The molecule has 90 valence electrons. The molecule has 0 amide bonds. The lowest BCUT2D eigenvalue weighted by molar-refractivity contribution is 0.122. The average molecular weight is 249 g/mol. The van der Waals surface area contributed by atoms with E-state index in [1.54, 1.807) is 0 Å². The van der Waals surface area contributed by atoms with Crippen molar-refractivity contribution in [2.75, 3.05) is 23.8 Å². The molecule has 0 aliphatic rings. The lowest BCUT2D eigenvalue weighted by Crippen LogP contribution is -2.29. The highest BCUT2D eigenvalue weighted by atomic mass is 32.2. The minimum atomic E-state index is -1.19. The van der Waals surface area contributed by atoms with E-state index >= 15 is 0 Å². The number of hydrogen-bond donors (Lipinski definition) is 3. The van der Waals surface area contributed by atoms with Crippen molar-refractivity contribution in [2.24, 2.45) is 0 Å². The summed E-state index contributed by atoms with van der Waals surface area (Å²) in [6.45, 7) is -0.0271. The zero-order valence-electron chi connectivity index (χ0n) is 8.34. The van der Waals surface area contributed by atoms with Crippen molar-refractivity contribution in [2.45, 2.75) is 6.23 Å². The molecule has 0 unspecified atom stereocenters. The highest BCUT2D eigenvalue weighted by Gasteiger charge is 2.12. The number of aliphatic hydroxyl groups is 2. The molecule has 0 radical (unpaired) electrons. The topological polar surface area (TPSA) is 101 Å². The monoisotopic (exact) mass is 249 g/mol. The largest absolute Gasteiger partial charge is 0.396 e. The number of rotatable bonds is 5. The normalized spacial score (nSPS) is 12.7. The number of hydrogen-bond acceptors (Lipinski definition) is 6. The maximum Gasteiger partial charge on any atom is 0.351 e.